The molecule has 2 heterocycles. The Morgan fingerprint density at radius 3 is 2.57 bits per heavy atom. The maximum Gasteiger partial charge on any atom is 0.143 e. The van der Waals surface area contributed by atoms with E-state index in [9.17, 15) is 0 Å². The minimum Gasteiger partial charge on any atom is -0.235 e. The van der Waals surface area contributed by atoms with Gasteiger partial charge in [-0.2, -0.15) is 0 Å². The molecule has 0 N–H and O–H groups in total. The molecule has 0 bridgehead atoms. The van der Waals surface area contributed by atoms with Gasteiger partial charge in [0.05, 0.1) is 11.2 Å². The number of pyridine rings is 1. The summed E-state index contributed by atoms with van der Waals surface area (Å²) in [7, 11) is 0. The van der Waals surface area contributed by atoms with Crippen molar-refractivity contribution < 1.29 is 0 Å². The third kappa shape index (κ3) is 2.38. The average molecular weight is 302 g/mol. The summed E-state index contributed by atoms with van der Waals surface area (Å²) in [6.07, 6.45) is 1.57. The van der Waals surface area contributed by atoms with Crippen LogP contribution in [-0.2, 0) is 5.41 Å². The van der Waals surface area contributed by atoms with Crippen LogP contribution in [0.1, 0.15) is 31.9 Å². The fourth-order valence-electron chi connectivity index (χ4n) is 2.39. The Labute approximate surface area is 128 Å². The molecule has 0 fully saturated rings. The summed E-state index contributed by atoms with van der Waals surface area (Å²) in [5.74, 6) is 0. The van der Waals surface area contributed by atoms with Crippen molar-refractivity contribution in [2.24, 2.45) is 0 Å². The molecule has 0 unspecified atom stereocenters. The number of tetrazole rings is 1. The average Bonchev–Trinajstić information content (AvgIpc) is 2.92. The second kappa shape index (κ2) is 4.77. The van der Waals surface area contributed by atoms with E-state index in [1.54, 1.807) is 11.0 Å². The predicted molar refractivity (Wildman–Crippen MR) is 82.9 cm³/mol. The Hall–Kier alpha value is -2.01. The highest BCUT2D eigenvalue weighted by molar-refractivity contribution is 6.30. The maximum atomic E-state index is 6.38. The summed E-state index contributed by atoms with van der Waals surface area (Å²) in [6.45, 7) is 8.39. The Morgan fingerprint density at radius 2 is 1.95 bits per heavy atom. The van der Waals surface area contributed by atoms with Crippen LogP contribution < -0.4 is 0 Å². The lowest BCUT2D eigenvalue weighted by atomic mass is 9.87. The van der Waals surface area contributed by atoms with Gasteiger partial charge in [-0.15, -0.1) is 5.10 Å². The molecule has 0 atom stereocenters. The molecule has 5 nitrogen and oxygen atoms in total. The third-order valence-corrected chi connectivity index (χ3v) is 3.86. The number of aryl methyl sites for hydroxylation is 1. The summed E-state index contributed by atoms with van der Waals surface area (Å²) in [5.41, 5.74) is 3.79. The van der Waals surface area contributed by atoms with E-state index in [4.69, 9.17) is 11.6 Å². The molecule has 0 saturated heterocycles. The molecule has 0 radical (unpaired) electrons. The number of rotatable bonds is 1. The van der Waals surface area contributed by atoms with Gasteiger partial charge >= 0.3 is 0 Å². The molecule has 2 aromatic heterocycles. The molecule has 0 aliphatic heterocycles. The molecule has 0 saturated carbocycles. The molecule has 3 rings (SSSR count). The van der Waals surface area contributed by atoms with E-state index in [-0.39, 0.29) is 5.41 Å². The van der Waals surface area contributed by atoms with Gasteiger partial charge in [-0.3, -0.25) is 0 Å². The Balaban J connectivity index is 2.26. The molecule has 108 valence electrons. The zero-order valence-corrected chi connectivity index (χ0v) is 13.2. The molecule has 21 heavy (non-hydrogen) atoms. The topological polar surface area (TPSA) is 56.5 Å². The summed E-state index contributed by atoms with van der Waals surface area (Å²) >= 11 is 6.38. The standard InChI is InChI=1S/C15H16ClN5/c1-9-12(21-8-17-19-20-21)6-5-10-7-11(15(2,3)4)14(16)18-13(9)10/h5-8H,1-4H3. The maximum absolute atomic E-state index is 6.38. The van der Waals surface area contributed by atoms with Crippen molar-refractivity contribution in [3.8, 4) is 5.69 Å². The number of hydrogen-bond donors (Lipinski definition) is 0. The fraction of sp³-hybridized carbons (Fsp3) is 0.333. The predicted octanol–water partition coefficient (Wildman–Crippen LogP) is 3.47. The van der Waals surface area contributed by atoms with Crippen LogP contribution >= 0.6 is 11.6 Å². The van der Waals surface area contributed by atoms with Crippen LogP contribution in [0.2, 0.25) is 5.15 Å². The second-order valence-electron chi connectivity index (χ2n) is 6.11. The monoisotopic (exact) mass is 301 g/mol. The van der Waals surface area contributed by atoms with E-state index in [1.807, 2.05) is 19.1 Å². The molecule has 0 aliphatic carbocycles. The summed E-state index contributed by atoms with van der Waals surface area (Å²) in [4.78, 5) is 4.60. The van der Waals surface area contributed by atoms with Crippen LogP contribution in [-0.4, -0.2) is 25.2 Å². The van der Waals surface area contributed by atoms with Gasteiger partial charge in [0.25, 0.3) is 0 Å². The number of hydrogen-bond acceptors (Lipinski definition) is 4. The number of aromatic nitrogens is 5. The minimum absolute atomic E-state index is 0.0410. The van der Waals surface area contributed by atoms with Crippen molar-refractivity contribution in [2.75, 3.05) is 0 Å². The molecule has 3 aromatic rings. The zero-order valence-electron chi connectivity index (χ0n) is 12.4. The van der Waals surface area contributed by atoms with Crippen molar-refractivity contribution in [2.45, 2.75) is 33.1 Å². The highest BCUT2D eigenvalue weighted by Gasteiger charge is 2.20. The lowest BCUT2D eigenvalue weighted by Crippen LogP contribution is -2.13. The van der Waals surface area contributed by atoms with E-state index in [0.717, 1.165) is 27.7 Å². The quantitative estimate of drug-likeness (QED) is 0.646. The van der Waals surface area contributed by atoms with Crippen molar-refractivity contribution in [3.63, 3.8) is 0 Å². The molecule has 0 aliphatic rings. The van der Waals surface area contributed by atoms with E-state index in [2.05, 4.69) is 47.3 Å². The number of fused-ring (bicyclic) bond motifs is 1. The van der Waals surface area contributed by atoms with Gasteiger partial charge in [0, 0.05) is 10.9 Å². The highest BCUT2D eigenvalue weighted by atomic mass is 35.5. The van der Waals surface area contributed by atoms with E-state index < -0.39 is 0 Å². The number of nitrogens with zero attached hydrogens (tertiary/aromatic N) is 5. The van der Waals surface area contributed by atoms with Crippen molar-refractivity contribution in [3.05, 3.63) is 40.8 Å². The Kier molecular flexibility index (Phi) is 3.17. The SMILES string of the molecule is Cc1c(-n2cnnn2)ccc2cc(C(C)(C)C)c(Cl)nc12. The lowest BCUT2D eigenvalue weighted by Gasteiger charge is -2.21. The zero-order chi connectivity index (χ0) is 15.2. The van der Waals surface area contributed by atoms with Crippen LogP contribution in [0.3, 0.4) is 0 Å². The minimum atomic E-state index is -0.0410. The molecule has 0 amide bonds. The van der Waals surface area contributed by atoms with E-state index in [0.29, 0.717) is 5.15 Å². The van der Waals surface area contributed by atoms with Crippen molar-refractivity contribution in [1.29, 1.82) is 0 Å². The number of halogens is 1. The first-order valence-electron chi connectivity index (χ1n) is 6.71. The molecule has 1 aromatic carbocycles. The van der Waals surface area contributed by atoms with Gasteiger partial charge in [0.2, 0.25) is 0 Å². The van der Waals surface area contributed by atoms with Crippen LogP contribution in [0.5, 0.6) is 0 Å². The van der Waals surface area contributed by atoms with Crippen LogP contribution in [0.25, 0.3) is 16.6 Å². The van der Waals surface area contributed by atoms with Crippen LogP contribution in [0, 0.1) is 6.92 Å². The first-order valence-corrected chi connectivity index (χ1v) is 7.09. The Morgan fingerprint density at radius 1 is 1.19 bits per heavy atom. The third-order valence-electron chi connectivity index (χ3n) is 3.57. The van der Waals surface area contributed by atoms with Gasteiger partial charge < -0.3 is 0 Å². The summed E-state index contributed by atoms with van der Waals surface area (Å²) in [5, 5.41) is 12.9. The lowest BCUT2D eigenvalue weighted by molar-refractivity contribution is 0.589. The summed E-state index contributed by atoms with van der Waals surface area (Å²) < 4.78 is 1.63. The summed E-state index contributed by atoms with van der Waals surface area (Å²) in [6, 6.07) is 6.13. The van der Waals surface area contributed by atoms with Crippen molar-refractivity contribution in [1.82, 2.24) is 25.2 Å². The van der Waals surface area contributed by atoms with Crippen LogP contribution in [0.15, 0.2) is 24.5 Å². The second-order valence-corrected chi connectivity index (χ2v) is 6.47. The van der Waals surface area contributed by atoms with Crippen molar-refractivity contribution >= 4 is 22.5 Å². The van der Waals surface area contributed by atoms with Gasteiger partial charge in [-0.1, -0.05) is 38.4 Å². The number of benzene rings is 1. The van der Waals surface area contributed by atoms with E-state index >= 15 is 0 Å². The van der Waals surface area contributed by atoms with Gasteiger partial charge in [-0.25, -0.2) is 9.67 Å². The fourth-order valence-corrected chi connectivity index (χ4v) is 2.82. The highest BCUT2D eigenvalue weighted by Crippen LogP contribution is 2.32. The normalized spacial score (nSPS) is 12.0. The van der Waals surface area contributed by atoms with Gasteiger partial charge in [-0.05, 0) is 40.5 Å². The van der Waals surface area contributed by atoms with Crippen LogP contribution in [0.4, 0.5) is 0 Å². The van der Waals surface area contributed by atoms with Gasteiger partial charge in [0.15, 0.2) is 0 Å². The first kappa shape index (κ1) is 13.9. The molecular weight excluding hydrogens is 286 g/mol. The molecule has 0 spiro atoms. The van der Waals surface area contributed by atoms with E-state index in [1.165, 1.54) is 0 Å². The first-order chi connectivity index (χ1) is 9.88. The molecular formula is C15H16ClN5. The Bertz CT molecular complexity index is 803. The largest absolute Gasteiger partial charge is 0.235 e. The molecule has 6 heteroatoms. The smallest absolute Gasteiger partial charge is 0.143 e. The van der Waals surface area contributed by atoms with Gasteiger partial charge in [0.1, 0.15) is 11.5 Å².